The summed E-state index contributed by atoms with van der Waals surface area (Å²) in [5.74, 6) is -1.16. The fourth-order valence-corrected chi connectivity index (χ4v) is 2.09. The predicted molar refractivity (Wildman–Crippen MR) is 77.9 cm³/mol. The van der Waals surface area contributed by atoms with E-state index in [4.69, 9.17) is 4.74 Å². The summed E-state index contributed by atoms with van der Waals surface area (Å²) in [5.41, 5.74) is 0.945. The van der Waals surface area contributed by atoms with Crippen molar-refractivity contribution in [2.75, 3.05) is 6.61 Å². The van der Waals surface area contributed by atoms with Crippen LogP contribution in [0.5, 0.6) is 0 Å². The molecule has 0 aliphatic heterocycles. The second kappa shape index (κ2) is 6.63. The molecule has 21 heavy (non-hydrogen) atoms. The molecule has 0 bridgehead atoms. The van der Waals surface area contributed by atoms with Crippen molar-refractivity contribution in [2.45, 2.75) is 32.9 Å². The number of benzene rings is 1. The molecule has 112 valence electrons. The van der Waals surface area contributed by atoms with Gasteiger partial charge in [-0.25, -0.2) is 4.98 Å². The Morgan fingerprint density at radius 2 is 1.95 bits per heavy atom. The van der Waals surface area contributed by atoms with Gasteiger partial charge >= 0.3 is 0 Å². The lowest BCUT2D eigenvalue weighted by Gasteiger charge is -2.16. The number of carbonyl (C=O) groups is 1. The minimum atomic E-state index is -0.755. The number of halogens is 1. The van der Waals surface area contributed by atoms with Gasteiger partial charge in [-0.05, 0) is 26.3 Å². The van der Waals surface area contributed by atoms with E-state index in [1.165, 1.54) is 6.33 Å². The molecule has 2 aromatic rings. The van der Waals surface area contributed by atoms with E-state index in [0.717, 1.165) is 5.56 Å². The van der Waals surface area contributed by atoms with E-state index in [0.29, 0.717) is 0 Å². The molecule has 1 heterocycles. The van der Waals surface area contributed by atoms with Gasteiger partial charge in [-0.2, -0.15) is 4.39 Å². The zero-order chi connectivity index (χ0) is 15.4. The van der Waals surface area contributed by atoms with Crippen molar-refractivity contribution in [3.05, 3.63) is 53.9 Å². The lowest BCUT2D eigenvalue weighted by Crippen LogP contribution is -2.20. The number of rotatable bonds is 6. The quantitative estimate of drug-likeness (QED) is 0.767. The Morgan fingerprint density at radius 3 is 2.57 bits per heavy atom. The first kappa shape index (κ1) is 15.4. The fraction of sp³-hybridized carbons (Fsp3) is 0.375. The number of ketones is 1. The highest BCUT2D eigenvalue weighted by Gasteiger charge is 2.22. The van der Waals surface area contributed by atoms with Gasteiger partial charge in [-0.1, -0.05) is 30.3 Å². The van der Waals surface area contributed by atoms with Crippen molar-refractivity contribution in [2.24, 2.45) is 0 Å². The van der Waals surface area contributed by atoms with Gasteiger partial charge in [0.25, 0.3) is 0 Å². The number of imidazole rings is 1. The van der Waals surface area contributed by atoms with Crippen molar-refractivity contribution < 1.29 is 13.9 Å². The van der Waals surface area contributed by atoms with Gasteiger partial charge in [0.1, 0.15) is 12.3 Å². The Kier molecular flexibility index (Phi) is 4.85. The molecule has 0 aliphatic rings. The average molecular weight is 290 g/mol. The lowest BCUT2D eigenvalue weighted by atomic mass is 10.1. The number of aromatic nitrogens is 2. The molecule has 0 N–H and O–H groups in total. The van der Waals surface area contributed by atoms with Gasteiger partial charge in [0, 0.05) is 0 Å². The molecule has 0 radical (unpaired) electrons. The highest BCUT2D eigenvalue weighted by Crippen LogP contribution is 2.21. The van der Waals surface area contributed by atoms with E-state index < -0.39 is 11.7 Å². The van der Waals surface area contributed by atoms with Crippen molar-refractivity contribution in [3.8, 4) is 0 Å². The van der Waals surface area contributed by atoms with Gasteiger partial charge in [-0.15, -0.1) is 0 Å². The van der Waals surface area contributed by atoms with Crippen LogP contribution in [0, 0.1) is 5.95 Å². The van der Waals surface area contributed by atoms with Crippen molar-refractivity contribution in [1.82, 2.24) is 9.55 Å². The van der Waals surface area contributed by atoms with E-state index >= 15 is 0 Å². The minimum Gasteiger partial charge on any atom is -0.371 e. The number of ether oxygens (including phenoxy) is 1. The number of Topliss-reactive ketones (excluding diaryl/α,β-unsaturated/α-hetero) is 1. The third-order valence-corrected chi connectivity index (χ3v) is 3.26. The Morgan fingerprint density at radius 1 is 1.29 bits per heavy atom. The first-order chi connectivity index (χ1) is 10.0. The molecule has 4 nitrogen and oxygen atoms in total. The number of hydrogen-bond acceptors (Lipinski definition) is 3. The van der Waals surface area contributed by atoms with Gasteiger partial charge in [0.05, 0.1) is 18.5 Å². The van der Waals surface area contributed by atoms with E-state index in [2.05, 4.69) is 4.98 Å². The summed E-state index contributed by atoms with van der Waals surface area (Å²) >= 11 is 0. The third kappa shape index (κ3) is 3.55. The Hall–Kier alpha value is -2.01. The molecule has 0 fully saturated rings. The molecule has 0 unspecified atom stereocenters. The summed E-state index contributed by atoms with van der Waals surface area (Å²) in [5, 5.41) is 0. The molecular weight excluding hydrogens is 271 g/mol. The zero-order valence-electron chi connectivity index (χ0n) is 12.4. The second-order valence-electron chi connectivity index (χ2n) is 5.16. The number of hydrogen-bond donors (Lipinski definition) is 0. The van der Waals surface area contributed by atoms with Crippen molar-refractivity contribution >= 4 is 5.78 Å². The van der Waals surface area contributed by atoms with Gasteiger partial charge in [-0.3, -0.25) is 4.79 Å². The minimum absolute atomic E-state index is 0.0352. The van der Waals surface area contributed by atoms with Crippen LogP contribution in [0.2, 0.25) is 0 Å². The maximum atomic E-state index is 13.9. The molecular formula is C16H19FN2O2. The standard InChI is InChI=1S/C16H19FN2O2/c1-11(2)21-9-14(20)15-16(17)18-10-19(15)12(3)13-7-5-4-6-8-13/h4-8,10-12H,9H2,1-3H3/t12-/m1/s1. The van der Waals surface area contributed by atoms with Crippen LogP contribution in [0.3, 0.4) is 0 Å². The van der Waals surface area contributed by atoms with Gasteiger partial charge in [0.2, 0.25) is 11.7 Å². The summed E-state index contributed by atoms with van der Waals surface area (Å²) in [6.07, 6.45) is 1.27. The molecule has 2 rings (SSSR count). The second-order valence-corrected chi connectivity index (χ2v) is 5.16. The Bertz CT molecular complexity index is 608. The molecule has 1 atom stereocenters. The first-order valence-electron chi connectivity index (χ1n) is 6.92. The summed E-state index contributed by atoms with van der Waals surface area (Å²) in [6, 6.07) is 9.40. The summed E-state index contributed by atoms with van der Waals surface area (Å²) < 4.78 is 20.7. The lowest BCUT2D eigenvalue weighted by molar-refractivity contribution is 0.0572. The van der Waals surface area contributed by atoms with Gasteiger partial charge in [0.15, 0.2) is 0 Å². The largest absolute Gasteiger partial charge is 0.371 e. The molecule has 5 heteroatoms. The van der Waals surface area contributed by atoms with E-state index in [-0.39, 0.29) is 24.4 Å². The predicted octanol–water partition coefficient (Wildman–Crippen LogP) is 3.24. The SMILES string of the molecule is CC(C)OCC(=O)c1c(F)ncn1[C@H](C)c1ccccc1. The van der Waals surface area contributed by atoms with Crippen molar-refractivity contribution in [1.29, 1.82) is 0 Å². The summed E-state index contributed by atoms with van der Waals surface area (Å²) in [6.45, 7) is 5.40. The monoisotopic (exact) mass is 290 g/mol. The van der Waals surface area contributed by atoms with Crippen LogP contribution >= 0.6 is 0 Å². The molecule has 1 aromatic carbocycles. The third-order valence-electron chi connectivity index (χ3n) is 3.26. The van der Waals surface area contributed by atoms with Crippen molar-refractivity contribution in [3.63, 3.8) is 0 Å². The van der Waals surface area contributed by atoms with E-state index in [9.17, 15) is 9.18 Å². The number of nitrogens with zero attached hydrogens (tertiary/aromatic N) is 2. The van der Waals surface area contributed by atoms with Crippen LogP contribution in [-0.4, -0.2) is 28.0 Å². The molecule has 0 spiro atoms. The molecule has 0 saturated heterocycles. The van der Waals surface area contributed by atoms with Crippen LogP contribution in [-0.2, 0) is 4.74 Å². The Labute approximate surface area is 123 Å². The molecule has 0 aliphatic carbocycles. The smallest absolute Gasteiger partial charge is 0.242 e. The molecule has 1 aromatic heterocycles. The maximum Gasteiger partial charge on any atom is 0.242 e. The number of carbonyl (C=O) groups excluding carboxylic acids is 1. The summed E-state index contributed by atoms with van der Waals surface area (Å²) in [7, 11) is 0. The van der Waals surface area contributed by atoms with Crippen LogP contribution in [0.15, 0.2) is 36.7 Å². The van der Waals surface area contributed by atoms with E-state index in [1.807, 2.05) is 51.1 Å². The van der Waals surface area contributed by atoms with Crippen LogP contribution in [0.25, 0.3) is 0 Å². The maximum absolute atomic E-state index is 13.9. The highest BCUT2D eigenvalue weighted by atomic mass is 19.1. The average Bonchev–Trinajstić information content (AvgIpc) is 2.86. The van der Waals surface area contributed by atoms with E-state index in [1.54, 1.807) is 4.57 Å². The fourth-order valence-electron chi connectivity index (χ4n) is 2.09. The van der Waals surface area contributed by atoms with Crippen LogP contribution < -0.4 is 0 Å². The molecule has 0 amide bonds. The first-order valence-corrected chi connectivity index (χ1v) is 6.92. The Balaban J connectivity index is 2.27. The normalized spacial score (nSPS) is 12.6. The highest BCUT2D eigenvalue weighted by molar-refractivity contribution is 5.95. The zero-order valence-corrected chi connectivity index (χ0v) is 12.4. The van der Waals surface area contributed by atoms with Gasteiger partial charge < -0.3 is 9.30 Å². The van der Waals surface area contributed by atoms with Crippen LogP contribution in [0.1, 0.15) is 42.9 Å². The van der Waals surface area contributed by atoms with Crippen LogP contribution in [0.4, 0.5) is 4.39 Å². The topological polar surface area (TPSA) is 44.1 Å². The summed E-state index contributed by atoms with van der Waals surface area (Å²) in [4.78, 5) is 15.8. The molecule has 0 saturated carbocycles.